The first-order chi connectivity index (χ1) is 9.51. The lowest BCUT2D eigenvalue weighted by atomic mass is 9.96. The molecule has 16 heteroatoms. The van der Waals surface area contributed by atoms with Crippen molar-refractivity contribution in [2.24, 2.45) is 0 Å². The van der Waals surface area contributed by atoms with Gasteiger partial charge in [-0.3, -0.25) is 4.52 Å². The zero-order valence-electron chi connectivity index (χ0n) is 10.1. The van der Waals surface area contributed by atoms with Gasteiger partial charge in [0, 0.05) is 6.42 Å². The van der Waals surface area contributed by atoms with Gasteiger partial charge in [0.25, 0.3) is 12.1 Å². The molecule has 0 rings (SSSR count). The van der Waals surface area contributed by atoms with Crippen LogP contribution in [-0.4, -0.2) is 40.8 Å². The zero-order valence-corrected chi connectivity index (χ0v) is 11.9. The van der Waals surface area contributed by atoms with E-state index in [0.717, 1.165) is 0 Å². The minimum absolute atomic E-state index is 1.50. The van der Waals surface area contributed by atoms with Gasteiger partial charge in [0.05, 0.1) is 14.4 Å². The number of halogens is 6. The summed E-state index contributed by atoms with van der Waals surface area (Å²) in [6.07, 6.45) is -16.5. The molecular weight excluding hydrogens is 376 g/mol. The van der Waals surface area contributed by atoms with Crippen molar-refractivity contribution < 1.29 is 64.1 Å². The minimum Gasteiger partial charge on any atom is -0.790 e. The highest BCUT2D eigenvalue weighted by Gasteiger charge is 2.67. The monoisotopic (exact) mass is 384 g/mol. The first-order valence-corrected chi connectivity index (χ1v) is 7.94. The van der Waals surface area contributed by atoms with Gasteiger partial charge in [0.15, 0.2) is 0 Å². The standard InChI is InChI=1S/C6H10F6O8P2/c7-4(8)5(9,6(10,11)12)3(20-22(16,17)18)1-2-19-21(13,14)15/h3-4H,1-2H2,(H2,13,14,15)(H2,16,17,18)/p-2. The first kappa shape index (κ1) is 21.8. The summed E-state index contributed by atoms with van der Waals surface area (Å²) in [6, 6.07) is 0. The second kappa shape index (κ2) is 7.14. The van der Waals surface area contributed by atoms with Crippen LogP contribution in [-0.2, 0) is 18.2 Å². The van der Waals surface area contributed by atoms with Crippen LogP contribution in [0.3, 0.4) is 0 Å². The van der Waals surface area contributed by atoms with Crippen LogP contribution in [0.25, 0.3) is 0 Å². The number of rotatable bonds is 8. The highest BCUT2D eigenvalue weighted by atomic mass is 31.2. The fraction of sp³-hybridized carbons (Fsp3) is 1.00. The summed E-state index contributed by atoms with van der Waals surface area (Å²) in [5.74, 6) is 0. The van der Waals surface area contributed by atoms with Gasteiger partial charge in [-0.1, -0.05) is 0 Å². The van der Waals surface area contributed by atoms with Crippen LogP contribution in [0.5, 0.6) is 0 Å². The molecular formula is C6H8F6O8P2-2. The fourth-order valence-electron chi connectivity index (χ4n) is 1.22. The molecule has 2 unspecified atom stereocenters. The molecule has 0 aliphatic rings. The maximum absolute atomic E-state index is 13.6. The van der Waals surface area contributed by atoms with E-state index in [2.05, 4.69) is 9.05 Å². The van der Waals surface area contributed by atoms with Gasteiger partial charge >= 0.3 is 14.0 Å². The highest BCUT2D eigenvalue weighted by molar-refractivity contribution is 7.46. The van der Waals surface area contributed by atoms with Crippen LogP contribution < -0.4 is 9.79 Å². The van der Waals surface area contributed by atoms with Gasteiger partial charge in [0.1, 0.15) is 6.10 Å². The lowest BCUT2D eigenvalue weighted by Crippen LogP contribution is -2.57. The molecule has 0 aromatic heterocycles. The van der Waals surface area contributed by atoms with E-state index in [0.29, 0.717) is 0 Å². The van der Waals surface area contributed by atoms with Crippen LogP contribution in [0.15, 0.2) is 0 Å². The van der Waals surface area contributed by atoms with E-state index in [1.165, 1.54) is 0 Å². The molecule has 2 atom stereocenters. The van der Waals surface area contributed by atoms with Gasteiger partial charge in [0.2, 0.25) is 0 Å². The Morgan fingerprint density at radius 1 is 1.09 bits per heavy atom. The van der Waals surface area contributed by atoms with Crippen LogP contribution >= 0.6 is 15.6 Å². The largest absolute Gasteiger partial charge is 0.790 e. The fourth-order valence-corrected chi connectivity index (χ4v) is 2.13. The van der Waals surface area contributed by atoms with Crippen molar-refractivity contribution in [3.63, 3.8) is 0 Å². The zero-order chi connectivity index (χ0) is 18.0. The molecule has 0 aromatic rings. The third-order valence-corrected chi connectivity index (χ3v) is 3.15. The summed E-state index contributed by atoms with van der Waals surface area (Å²) >= 11 is 0. The molecule has 2 N–H and O–H groups in total. The molecule has 22 heavy (non-hydrogen) atoms. The van der Waals surface area contributed by atoms with Crippen molar-refractivity contribution in [2.45, 2.75) is 30.8 Å². The average molecular weight is 384 g/mol. The van der Waals surface area contributed by atoms with Crippen molar-refractivity contribution in [1.82, 2.24) is 0 Å². The van der Waals surface area contributed by atoms with Crippen molar-refractivity contribution in [3.05, 3.63) is 0 Å². The molecule has 0 spiro atoms. The molecule has 0 saturated heterocycles. The van der Waals surface area contributed by atoms with E-state index >= 15 is 0 Å². The van der Waals surface area contributed by atoms with E-state index in [-0.39, 0.29) is 0 Å². The Balaban J connectivity index is 5.45. The molecule has 0 bridgehead atoms. The first-order valence-electron chi connectivity index (χ1n) is 4.95. The summed E-state index contributed by atoms with van der Waals surface area (Å²) in [5, 5.41) is 0. The lowest BCUT2D eigenvalue weighted by Gasteiger charge is -2.40. The summed E-state index contributed by atoms with van der Waals surface area (Å²) < 4.78 is 103. The van der Waals surface area contributed by atoms with E-state index in [9.17, 15) is 45.3 Å². The number of phosphoric ester groups is 2. The third kappa shape index (κ3) is 6.50. The van der Waals surface area contributed by atoms with Crippen molar-refractivity contribution in [2.75, 3.05) is 6.61 Å². The van der Waals surface area contributed by atoms with Crippen molar-refractivity contribution in [3.8, 4) is 0 Å². The molecule has 0 amide bonds. The van der Waals surface area contributed by atoms with Gasteiger partial charge in [-0.15, -0.1) is 0 Å². The van der Waals surface area contributed by atoms with Gasteiger partial charge in [-0.2, -0.15) is 13.2 Å². The number of hydrogen-bond donors (Lipinski definition) is 2. The maximum atomic E-state index is 13.6. The topological polar surface area (TPSA) is 139 Å². The average Bonchev–Trinajstić information content (AvgIpc) is 2.21. The lowest BCUT2D eigenvalue weighted by molar-refractivity contribution is -0.358. The quantitative estimate of drug-likeness (QED) is 0.448. The van der Waals surface area contributed by atoms with Gasteiger partial charge in [-0.25, -0.2) is 17.7 Å². The molecule has 0 aromatic carbocycles. The Labute approximate surface area is 118 Å². The molecule has 0 saturated carbocycles. The van der Waals surface area contributed by atoms with E-state index in [1.807, 2.05) is 0 Å². The molecule has 0 fully saturated rings. The molecule has 0 aliphatic heterocycles. The second-order valence-corrected chi connectivity index (χ2v) is 6.06. The normalized spacial score (nSPS) is 18.3. The predicted octanol–water partition coefficient (Wildman–Crippen LogP) is 0.235. The van der Waals surface area contributed by atoms with E-state index < -0.39 is 53.0 Å². The number of hydrogen-bond acceptors (Lipinski definition) is 6. The Morgan fingerprint density at radius 3 is 1.82 bits per heavy atom. The smallest absolute Gasteiger partial charge is 0.469 e. The maximum Gasteiger partial charge on any atom is 0.469 e. The molecule has 8 nitrogen and oxygen atoms in total. The molecule has 134 valence electrons. The molecule has 0 heterocycles. The molecule has 0 aliphatic carbocycles. The van der Waals surface area contributed by atoms with Crippen LogP contribution in [0.4, 0.5) is 26.3 Å². The van der Waals surface area contributed by atoms with E-state index in [4.69, 9.17) is 9.79 Å². The van der Waals surface area contributed by atoms with Crippen LogP contribution in [0.1, 0.15) is 6.42 Å². The highest BCUT2D eigenvalue weighted by Crippen LogP contribution is 2.47. The Morgan fingerprint density at radius 2 is 1.55 bits per heavy atom. The minimum atomic E-state index is -6.34. The number of phosphoric acid groups is 2. The van der Waals surface area contributed by atoms with Gasteiger partial charge in [-0.05, 0) is 0 Å². The van der Waals surface area contributed by atoms with E-state index in [1.54, 1.807) is 0 Å². The Kier molecular flexibility index (Phi) is 7.07. The summed E-state index contributed by atoms with van der Waals surface area (Å²) in [7, 11) is -11.6. The van der Waals surface area contributed by atoms with Crippen LogP contribution in [0, 0.1) is 0 Å². The number of alkyl halides is 6. The SMILES string of the molecule is O=P([O-])([O-])OC(CCOP(=O)(O)O)C(F)(C(F)F)C(F)(F)F. The summed E-state index contributed by atoms with van der Waals surface area (Å²) in [4.78, 5) is 37.0. The van der Waals surface area contributed by atoms with Gasteiger partial charge < -0.3 is 28.7 Å². The second-order valence-electron chi connectivity index (χ2n) is 3.72. The Hall–Kier alpha value is -0.200. The molecule has 0 radical (unpaired) electrons. The van der Waals surface area contributed by atoms with Crippen LogP contribution in [0.2, 0.25) is 0 Å². The van der Waals surface area contributed by atoms with Crippen molar-refractivity contribution >= 4 is 15.6 Å². The predicted molar refractivity (Wildman–Crippen MR) is 51.0 cm³/mol. The third-order valence-electron chi connectivity index (χ3n) is 2.12. The Bertz CT molecular complexity index is 459. The summed E-state index contributed by atoms with van der Waals surface area (Å²) in [6.45, 7) is -1.50. The van der Waals surface area contributed by atoms with Crippen molar-refractivity contribution in [1.29, 1.82) is 0 Å². The summed E-state index contributed by atoms with van der Waals surface area (Å²) in [5.41, 5.74) is -5.57.